The number of aromatic nitrogens is 1. The van der Waals surface area contributed by atoms with Crippen molar-refractivity contribution < 1.29 is 18.3 Å². The normalized spacial score (nSPS) is 17.2. The van der Waals surface area contributed by atoms with Crippen LogP contribution in [0.2, 0.25) is 0 Å². The quantitative estimate of drug-likeness (QED) is 0.697. The van der Waals surface area contributed by atoms with E-state index in [1.54, 1.807) is 11.9 Å². The predicted molar refractivity (Wildman–Crippen MR) is 76.2 cm³/mol. The van der Waals surface area contributed by atoms with Gasteiger partial charge in [0.2, 0.25) is 10.0 Å². The molecule has 8 nitrogen and oxygen atoms in total. The number of hydrogen-bond acceptors (Lipinski definition) is 5. The van der Waals surface area contributed by atoms with Gasteiger partial charge in [-0.3, -0.25) is 9.69 Å². The van der Waals surface area contributed by atoms with Crippen LogP contribution in [-0.4, -0.2) is 73.1 Å². The fourth-order valence-electron chi connectivity index (χ4n) is 2.38. The zero-order valence-electron chi connectivity index (χ0n) is 11.9. The topological polar surface area (TPSA) is 109 Å². The second-order valence-corrected chi connectivity index (χ2v) is 6.64. The van der Waals surface area contributed by atoms with Crippen LogP contribution >= 0.6 is 0 Å². The van der Waals surface area contributed by atoms with Gasteiger partial charge in [-0.1, -0.05) is 0 Å². The van der Waals surface area contributed by atoms with Gasteiger partial charge in [0.15, 0.2) is 0 Å². The molecule has 3 N–H and O–H groups in total. The first kappa shape index (κ1) is 16.0. The van der Waals surface area contributed by atoms with E-state index in [1.165, 1.54) is 16.8 Å². The largest absolute Gasteiger partial charge is 0.395 e. The van der Waals surface area contributed by atoms with E-state index in [4.69, 9.17) is 10.2 Å². The van der Waals surface area contributed by atoms with E-state index in [0.717, 1.165) is 0 Å². The molecule has 1 amide bonds. The number of piperazine rings is 1. The molecule has 1 fully saturated rings. The summed E-state index contributed by atoms with van der Waals surface area (Å²) >= 11 is 0. The highest BCUT2D eigenvalue weighted by molar-refractivity contribution is 7.89. The maximum absolute atomic E-state index is 12.4. The van der Waals surface area contributed by atoms with Crippen LogP contribution in [0.3, 0.4) is 0 Å². The molecule has 0 aliphatic carbocycles. The number of carbonyl (C=O) groups excluding carboxylic acids is 1. The number of β-amino-alcohol motifs (C(OH)–C–C–N with tert-alkyl or cyclic N) is 1. The summed E-state index contributed by atoms with van der Waals surface area (Å²) in [6.45, 7) is 3.19. The first-order chi connectivity index (χ1) is 9.82. The number of amides is 1. The number of sulfonamides is 1. The summed E-state index contributed by atoms with van der Waals surface area (Å²) < 4.78 is 24.1. The second-order valence-electron chi connectivity index (χ2n) is 5.07. The lowest BCUT2D eigenvalue weighted by Crippen LogP contribution is -2.49. The van der Waals surface area contributed by atoms with Crippen molar-refractivity contribution in [3.05, 3.63) is 18.0 Å². The molecule has 0 radical (unpaired) electrons. The third kappa shape index (κ3) is 3.62. The smallest absolute Gasteiger partial charge is 0.270 e. The predicted octanol–water partition coefficient (Wildman–Crippen LogP) is -1.58. The monoisotopic (exact) mass is 316 g/mol. The highest BCUT2D eigenvalue weighted by Gasteiger charge is 2.25. The summed E-state index contributed by atoms with van der Waals surface area (Å²) in [6, 6.07) is 1.30. The van der Waals surface area contributed by atoms with E-state index < -0.39 is 10.0 Å². The Morgan fingerprint density at radius 1 is 1.33 bits per heavy atom. The van der Waals surface area contributed by atoms with Gasteiger partial charge in [-0.2, -0.15) is 0 Å². The van der Waals surface area contributed by atoms with Gasteiger partial charge in [-0.25, -0.2) is 13.6 Å². The average Bonchev–Trinajstić information content (AvgIpc) is 2.81. The Labute approximate surface area is 123 Å². The zero-order valence-corrected chi connectivity index (χ0v) is 12.7. The molecule has 1 aliphatic rings. The Bertz CT molecular complexity index is 617. The lowest BCUT2D eigenvalue weighted by Gasteiger charge is -2.34. The molecule has 0 aromatic carbocycles. The Morgan fingerprint density at radius 2 is 1.95 bits per heavy atom. The van der Waals surface area contributed by atoms with E-state index in [0.29, 0.717) is 38.4 Å². The van der Waals surface area contributed by atoms with E-state index in [9.17, 15) is 13.2 Å². The van der Waals surface area contributed by atoms with Crippen molar-refractivity contribution in [3.8, 4) is 0 Å². The number of nitrogens with two attached hydrogens (primary N) is 1. The zero-order chi connectivity index (χ0) is 15.6. The minimum Gasteiger partial charge on any atom is -0.395 e. The van der Waals surface area contributed by atoms with Crippen LogP contribution < -0.4 is 5.14 Å². The minimum atomic E-state index is -3.81. The van der Waals surface area contributed by atoms with Crippen molar-refractivity contribution in [1.82, 2.24) is 14.4 Å². The molecule has 0 spiro atoms. The maximum Gasteiger partial charge on any atom is 0.270 e. The van der Waals surface area contributed by atoms with Gasteiger partial charge in [0.05, 0.1) is 6.61 Å². The molecule has 0 saturated carbocycles. The van der Waals surface area contributed by atoms with Crippen LogP contribution in [0.15, 0.2) is 17.2 Å². The number of nitrogens with zero attached hydrogens (tertiary/aromatic N) is 3. The molecular formula is C12H20N4O4S. The van der Waals surface area contributed by atoms with Crippen molar-refractivity contribution in [3.63, 3.8) is 0 Å². The van der Waals surface area contributed by atoms with E-state index in [2.05, 4.69) is 4.90 Å². The summed E-state index contributed by atoms with van der Waals surface area (Å²) in [6.07, 6.45) is 1.34. The first-order valence-corrected chi connectivity index (χ1v) is 8.19. The van der Waals surface area contributed by atoms with Crippen LogP contribution in [0.1, 0.15) is 10.5 Å². The molecule has 118 valence electrons. The molecule has 1 aromatic rings. The highest BCUT2D eigenvalue weighted by Crippen LogP contribution is 2.15. The van der Waals surface area contributed by atoms with Gasteiger partial charge in [0.1, 0.15) is 10.6 Å². The van der Waals surface area contributed by atoms with Gasteiger partial charge in [0, 0.05) is 46.0 Å². The van der Waals surface area contributed by atoms with Crippen molar-refractivity contribution >= 4 is 15.9 Å². The van der Waals surface area contributed by atoms with Gasteiger partial charge in [-0.15, -0.1) is 0 Å². The number of aliphatic hydroxyl groups excluding tert-OH is 1. The summed E-state index contributed by atoms with van der Waals surface area (Å²) in [7, 11) is -2.20. The van der Waals surface area contributed by atoms with Crippen LogP contribution in [-0.2, 0) is 17.1 Å². The summed E-state index contributed by atoms with van der Waals surface area (Å²) in [5, 5.41) is 14.0. The van der Waals surface area contributed by atoms with E-state index in [-0.39, 0.29) is 17.4 Å². The summed E-state index contributed by atoms with van der Waals surface area (Å²) in [5.74, 6) is -0.212. The van der Waals surface area contributed by atoms with Gasteiger partial charge in [0.25, 0.3) is 5.91 Å². The fraction of sp³-hybridized carbons (Fsp3) is 0.583. The SMILES string of the molecule is Cn1cc(S(N)(=O)=O)cc1C(=O)N1CCN(CCO)CC1. The van der Waals surface area contributed by atoms with Crippen molar-refractivity contribution in [2.45, 2.75) is 4.90 Å². The molecule has 1 aliphatic heterocycles. The van der Waals surface area contributed by atoms with Crippen LogP contribution in [0.4, 0.5) is 0 Å². The Balaban J connectivity index is 2.10. The number of aryl methyl sites for hydroxylation is 1. The third-order valence-electron chi connectivity index (χ3n) is 3.60. The number of carbonyl (C=O) groups is 1. The first-order valence-electron chi connectivity index (χ1n) is 6.64. The molecular weight excluding hydrogens is 296 g/mol. The molecule has 0 atom stereocenters. The second kappa shape index (κ2) is 6.14. The summed E-state index contributed by atoms with van der Waals surface area (Å²) in [4.78, 5) is 16.1. The molecule has 2 rings (SSSR count). The molecule has 21 heavy (non-hydrogen) atoms. The lowest BCUT2D eigenvalue weighted by atomic mass is 10.2. The van der Waals surface area contributed by atoms with Crippen molar-refractivity contribution in [2.24, 2.45) is 12.2 Å². The van der Waals surface area contributed by atoms with Crippen LogP contribution in [0.25, 0.3) is 0 Å². The lowest BCUT2D eigenvalue weighted by molar-refractivity contribution is 0.0606. The molecule has 0 bridgehead atoms. The number of aliphatic hydroxyl groups is 1. The molecule has 2 heterocycles. The highest BCUT2D eigenvalue weighted by atomic mass is 32.2. The maximum atomic E-state index is 12.4. The molecule has 9 heteroatoms. The Morgan fingerprint density at radius 3 is 2.43 bits per heavy atom. The third-order valence-corrected chi connectivity index (χ3v) is 4.48. The van der Waals surface area contributed by atoms with Crippen molar-refractivity contribution in [2.75, 3.05) is 39.3 Å². The van der Waals surface area contributed by atoms with Gasteiger partial charge >= 0.3 is 0 Å². The van der Waals surface area contributed by atoms with Crippen molar-refractivity contribution in [1.29, 1.82) is 0 Å². The number of primary sulfonamides is 1. The van der Waals surface area contributed by atoms with E-state index in [1.807, 2.05) is 0 Å². The van der Waals surface area contributed by atoms with Crippen LogP contribution in [0.5, 0.6) is 0 Å². The minimum absolute atomic E-state index is 0.0627. The fourth-order valence-corrected chi connectivity index (χ4v) is 2.96. The number of rotatable bonds is 4. The van der Waals surface area contributed by atoms with Crippen LogP contribution in [0, 0.1) is 0 Å². The van der Waals surface area contributed by atoms with E-state index >= 15 is 0 Å². The van der Waals surface area contributed by atoms with Gasteiger partial charge in [-0.05, 0) is 6.07 Å². The Hall–Kier alpha value is -1.42. The molecule has 1 saturated heterocycles. The van der Waals surface area contributed by atoms with Gasteiger partial charge < -0.3 is 14.6 Å². The molecule has 1 aromatic heterocycles. The number of hydrogen-bond donors (Lipinski definition) is 2. The Kier molecular flexibility index (Phi) is 4.67. The molecule has 0 unspecified atom stereocenters. The summed E-state index contributed by atoms with van der Waals surface area (Å²) in [5.41, 5.74) is 0.301. The average molecular weight is 316 g/mol. The standard InChI is InChI=1S/C12H20N4O4S/c1-14-9-10(21(13,19)20)8-11(14)12(18)16-4-2-15(3-5-16)6-7-17/h8-9,17H,2-7H2,1H3,(H2,13,19,20).